The number of hydrogen-bond acceptors (Lipinski definition) is 5. The van der Waals surface area contributed by atoms with E-state index in [0.717, 1.165) is 28.8 Å². The smallest absolute Gasteiger partial charge is 0.348 e. The molecule has 8 heteroatoms. The monoisotopic (exact) mass is 400 g/mol. The van der Waals surface area contributed by atoms with Gasteiger partial charge in [0.15, 0.2) is 0 Å². The van der Waals surface area contributed by atoms with Crippen molar-refractivity contribution in [3.8, 4) is 0 Å². The quantitative estimate of drug-likeness (QED) is 0.537. The van der Waals surface area contributed by atoms with E-state index in [4.69, 9.17) is 0 Å². The van der Waals surface area contributed by atoms with E-state index in [-0.39, 0.29) is 24.3 Å². The van der Waals surface area contributed by atoms with Crippen LogP contribution in [0.1, 0.15) is 23.6 Å². The van der Waals surface area contributed by atoms with Crippen molar-refractivity contribution in [1.29, 1.82) is 0 Å². The molecule has 1 amide bonds. The van der Waals surface area contributed by atoms with E-state index < -0.39 is 5.69 Å². The maximum absolute atomic E-state index is 12.6. The van der Waals surface area contributed by atoms with E-state index in [0.29, 0.717) is 5.82 Å². The fraction of sp³-hybridized carbons (Fsp3) is 0.182. The normalized spacial score (nSPS) is 15.1. The number of para-hydroxylation sites is 1. The van der Waals surface area contributed by atoms with E-state index >= 15 is 0 Å². The highest BCUT2D eigenvalue weighted by Gasteiger charge is 2.24. The van der Waals surface area contributed by atoms with Crippen molar-refractivity contribution in [3.05, 3.63) is 88.5 Å². The molecule has 5 rings (SSSR count). The molecule has 0 unspecified atom stereocenters. The van der Waals surface area contributed by atoms with E-state index in [9.17, 15) is 9.59 Å². The highest BCUT2D eigenvalue weighted by Crippen LogP contribution is 2.30. The first-order valence-corrected chi connectivity index (χ1v) is 9.83. The van der Waals surface area contributed by atoms with Gasteiger partial charge in [0.2, 0.25) is 5.91 Å². The van der Waals surface area contributed by atoms with Crippen LogP contribution in [0.25, 0.3) is 5.78 Å². The molecular weight excluding hydrogens is 380 g/mol. The maximum atomic E-state index is 12.6. The zero-order valence-corrected chi connectivity index (χ0v) is 16.2. The molecule has 0 aliphatic heterocycles. The summed E-state index contributed by atoms with van der Waals surface area (Å²) in [4.78, 5) is 29.5. The number of carbonyl (C=O) groups is 1. The standard InChI is InChI=1S/C22H20N6O2/c29-20(24-18-11-10-15-6-4-5-9-17(15)18)14-28-22(30)27-13-12-19(25-21(27)26-28)23-16-7-2-1-3-8-16/h1-9,12-13,18H,10-11,14H2,(H,24,29)(H,23,25,26)/t18-/m1/s1. The lowest BCUT2D eigenvalue weighted by molar-refractivity contribution is -0.122. The minimum atomic E-state index is -0.397. The second-order valence-electron chi connectivity index (χ2n) is 7.27. The minimum Gasteiger partial charge on any atom is -0.348 e. The van der Waals surface area contributed by atoms with Gasteiger partial charge in [-0.25, -0.2) is 13.9 Å². The summed E-state index contributed by atoms with van der Waals surface area (Å²) < 4.78 is 2.47. The minimum absolute atomic E-state index is 0.0266. The van der Waals surface area contributed by atoms with Crippen LogP contribution in [0, 0.1) is 0 Å². The molecule has 0 fully saturated rings. The van der Waals surface area contributed by atoms with Crippen LogP contribution in [-0.4, -0.2) is 25.1 Å². The molecule has 0 bridgehead atoms. The van der Waals surface area contributed by atoms with E-state index in [1.165, 1.54) is 9.96 Å². The molecule has 8 nitrogen and oxygen atoms in total. The number of aryl methyl sites for hydroxylation is 1. The van der Waals surface area contributed by atoms with Crippen molar-refractivity contribution >= 4 is 23.2 Å². The van der Waals surface area contributed by atoms with Gasteiger partial charge in [0.05, 0.1) is 6.04 Å². The Bertz CT molecular complexity index is 1280. The number of carbonyl (C=O) groups excluding carboxylic acids is 1. The fourth-order valence-corrected chi connectivity index (χ4v) is 3.83. The third-order valence-corrected chi connectivity index (χ3v) is 5.26. The summed E-state index contributed by atoms with van der Waals surface area (Å²) >= 11 is 0. The molecule has 1 aliphatic carbocycles. The predicted octanol–water partition coefficient (Wildman–Crippen LogP) is 2.44. The second-order valence-corrected chi connectivity index (χ2v) is 7.27. The first-order chi connectivity index (χ1) is 14.7. The van der Waals surface area contributed by atoms with Gasteiger partial charge in [-0.1, -0.05) is 42.5 Å². The first-order valence-electron chi connectivity index (χ1n) is 9.83. The molecule has 150 valence electrons. The third-order valence-electron chi connectivity index (χ3n) is 5.26. The van der Waals surface area contributed by atoms with Crippen LogP contribution >= 0.6 is 0 Å². The largest absolute Gasteiger partial charge is 0.352 e. The number of aromatic nitrogens is 4. The van der Waals surface area contributed by atoms with Gasteiger partial charge in [0.1, 0.15) is 12.4 Å². The van der Waals surface area contributed by atoms with Crippen LogP contribution in [0.15, 0.2) is 71.7 Å². The zero-order valence-electron chi connectivity index (χ0n) is 16.2. The lowest BCUT2D eigenvalue weighted by Gasteiger charge is -2.13. The molecule has 0 saturated carbocycles. The molecule has 1 aliphatic rings. The molecule has 4 aromatic rings. The number of nitrogens with one attached hydrogen (secondary N) is 2. The Labute approximate surface area is 172 Å². The van der Waals surface area contributed by atoms with Crippen molar-refractivity contribution in [3.63, 3.8) is 0 Å². The molecule has 2 N–H and O–H groups in total. The maximum Gasteiger partial charge on any atom is 0.352 e. The summed E-state index contributed by atoms with van der Waals surface area (Å²) in [6.07, 6.45) is 3.41. The SMILES string of the molecule is O=C(Cn1nc2nc(Nc3ccccc3)ccn2c1=O)N[C@@H]1CCc2ccccc21. The van der Waals surface area contributed by atoms with Gasteiger partial charge in [-0.3, -0.25) is 4.79 Å². The van der Waals surface area contributed by atoms with Crippen molar-refractivity contribution in [2.24, 2.45) is 0 Å². The van der Waals surface area contributed by atoms with Crippen LogP contribution < -0.4 is 16.3 Å². The van der Waals surface area contributed by atoms with E-state index in [1.807, 2.05) is 48.5 Å². The zero-order chi connectivity index (χ0) is 20.5. The van der Waals surface area contributed by atoms with Gasteiger partial charge < -0.3 is 10.6 Å². The molecular formula is C22H20N6O2. The van der Waals surface area contributed by atoms with Crippen LogP contribution in [-0.2, 0) is 17.8 Å². The van der Waals surface area contributed by atoms with Crippen LogP contribution in [0.5, 0.6) is 0 Å². The Morgan fingerprint density at radius 2 is 1.87 bits per heavy atom. The number of hydrogen-bond donors (Lipinski definition) is 2. The molecule has 0 saturated heterocycles. The number of benzene rings is 2. The average molecular weight is 400 g/mol. The molecule has 2 heterocycles. The van der Waals surface area contributed by atoms with Gasteiger partial charge in [-0.2, -0.15) is 4.98 Å². The molecule has 2 aromatic heterocycles. The summed E-state index contributed by atoms with van der Waals surface area (Å²) in [5, 5.41) is 10.4. The Morgan fingerprint density at radius 1 is 1.07 bits per heavy atom. The van der Waals surface area contributed by atoms with Gasteiger partial charge in [0.25, 0.3) is 5.78 Å². The Balaban J connectivity index is 1.33. The van der Waals surface area contributed by atoms with Crippen molar-refractivity contribution in [2.75, 3.05) is 5.32 Å². The molecule has 2 aromatic carbocycles. The number of rotatable bonds is 5. The summed E-state index contributed by atoms with van der Waals surface area (Å²) in [7, 11) is 0. The first kappa shape index (κ1) is 18.1. The topological polar surface area (TPSA) is 93.3 Å². The number of amides is 1. The number of fused-ring (bicyclic) bond motifs is 2. The summed E-state index contributed by atoms with van der Waals surface area (Å²) in [5.74, 6) is 0.558. The van der Waals surface area contributed by atoms with E-state index in [2.05, 4.69) is 26.8 Å². The second kappa shape index (κ2) is 7.47. The molecule has 0 spiro atoms. The number of nitrogens with zero attached hydrogens (tertiary/aromatic N) is 4. The fourth-order valence-electron chi connectivity index (χ4n) is 3.83. The summed E-state index contributed by atoms with van der Waals surface area (Å²) in [6, 6.07) is 19.4. The van der Waals surface area contributed by atoms with Gasteiger partial charge in [0, 0.05) is 11.9 Å². The average Bonchev–Trinajstić information content (AvgIpc) is 3.30. The lowest BCUT2D eigenvalue weighted by Crippen LogP contribution is -2.34. The lowest BCUT2D eigenvalue weighted by atomic mass is 10.1. The Hall–Kier alpha value is -3.94. The van der Waals surface area contributed by atoms with Crippen LogP contribution in [0.3, 0.4) is 0 Å². The molecule has 30 heavy (non-hydrogen) atoms. The van der Waals surface area contributed by atoms with Gasteiger partial charge in [-0.15, -0.1) is 5.10 Å². The highest BCUT2D eigenvalue weighted by molar-refractivity contribution is 5.76. The summed E-state index contributed by atoms with van der Waals surface area (Å²) in [5.41, 5.74) is 2.89. The molecule has 1 atom stereocenters. The van der Waals surface area contributed by atoms with Crippen molar-refractivity contribution in [2.45, 2.75) is 25.4 Å². The van der Waals surface area contributed by atoms with E-state index in [1.54, 1.807) is 12.3 Å². The highest BCUT2D eigenvalue weighted by atomic mass is 16.2. The van der Waals surface area contributed by atoms with Gasteiger partial charge >= 0.3 is 5.69 Å². The van der Waals surface area contributed by atoms with Gasteiger partial charge in [-0.05, 0) is 42.2 Å². The van der Waals surface area contributed by atoms with Crippen LogP contribution in [0.4, 0.5) is 11.5 Å². The Morgan fingerprint density at radius 3 is 2.73 bits per heavy atom. The van der Waals surface area contributed by atoms with Crippen molar-refractivity contribution in [1.82, 2.24) is 24.5 Å². The number of anilines is 2. The van der Waals surface area contributed by atoms with Crippen molar-refractivity contribution < 1.29 is 4.79 Å². The Kier molecular flexibility index (Phi) is 4.51. The van der Waals surface area contributed by atoms with Crippen LogP contribution in [0.2, 0.25) is 0 Å². The summed E-state index contributed by atoms with van der Waals surface area (Å²) in [6.45, 7) is -0.150. The third kappa shape index (κ3) is 3.43. The molecule has 0 radical (unpaired) electrons. The predicted molar refractivity (Wildman–Crippen MR) is 113 cm³/mol.